The second kappa shape index (κ2) is 6.04. The minimum Gasteiger partial charge on any atom is -0.330 e. The third-order valence-electron chi connectivity index (χ3n) is 2.82. The predicted molar refractivity (Wildman–Crippen MR) is 67.9 cm³/mol. The molecule has 1 aromatic heterocycles. The van der Waals surface area contributed by atoms with Crippen LogP contribution in [0.2, 0.25) is 0 Å². The van der Waals surface area contributed by atoms with Crippen molar-refractivity contribution in [3.8, 4) is 0 Å². The topological polar surface area (TPSA) is 56.7 Å². The summed E-state index contributed by atoms with van der Waals surface area (Å²) in [6, 6.07) is 5.21. The molecular weight excluding hydrogens is 269 g/mol. The van der Waals surface area contributed by atoms with Crippen molar-refractivity contribution in [1.29, 1.82) is 0 Å². The minimum absolute atomic E-state index is 0.263. The van der Waals surface area contributed by atoms with Crippen molar-refractivity contribution in [3.05, 3.63) is 47.3 Å². The van der Waals surface area contributed by atoms with Crippen LogP contribution in [0.1, 0.15) is 23.2 Å². The van der Waals surface area contributed by atoms with Gasteiger partial charge in [-0.3, -0.25) is 0 Å². The van der Waals surface area contributed by atoms with Gasteiger partial charge in [-0.25, -0.2) is 4.68 Å². The lowest BCUT2D eigenvalue weighted by Gasteiger charge is -2.08. The van der Waals surface area contributed by atoms with E-state index < -0.39 is 11.7 Å². The van der Waals surface area contributed by atoms with Gasteiger partial charge in [0.05, 0.1) is 17.8 Å². The molecule has 2 N–H and O–H groups in total. The van der Waals surface area contributed by atoms with Crippen LogP contribution < -0.4 is 5.73 Å². The summed E-state index contributed by atoms with van der Waals surface area (Å²) < 4.78 is 39.3. The molecule has 0 saturated heterocycles. The summed E-state index contributed by atoms with van der Waals surface area (Å²) in [7, 11) is 0. The lowest BCUT2D eigenvalue weighted by molar-refractivity contribution is -0.137. The van der Waals surface area contributed by atoms with Crippen molar-refractivity contribution in [1.82, 2.24) is 15.0 Å². The number of hydrogen-bond acceptors (Lipinski definition) is 3. The average Bonchev–Trinajstić information content (AvgIpc) is 2.83. The number of nitrogens with zero attached hydrogens (tertiary/aromatic N) is 3. The highest BCUT2D eigenvalue weighted by Gasteiger charge is 2.30. The van der Waals surface area contributed by atoms with Crippen molar-refractivity contribution in [2.75, 3.05) is 6.54 Å². The van der Waals surface area contributed by atoms with E-state index in [4.69, 9.17) is 5.73 Å². The normalized spacial score (nSPS) is 11.8. The summed E-state index contributed by atoms with van der Waals surface area (Å²) in [5.41, 5.74) is 6.08. The highest BCUT2D eigenvalue weighted by molar-refractivity contribution is 5.25. The molecule has 0 aliphatic heterocycles. The fourth-order valence-corrected chi connectivity index (χ4v) is 1.85. The van der Waals surface area contributed by atoms with Gasteiger partial charge in [0.25, 0.3) is 0 Å². The zero-order valence-electron chi connectivity index (χ0n) is 10.8. The van der Waals surface area contributed by atoms with Crippen LogP contribution >= 0.6 is 0 Å². The van der Waals surface area contributed by atoms with Crippen LogP contribution in [0.4, 0.5) is 13.2 Å². The van der Waals surface area contributed by atoms with Crippen molar-refractivity contribution >= 4 is 0 Å². The van der Waals surface area contributed by atoms with E-state index in [0.717, 1.165) is 30.7 Å². The number of nitrogens with two attached hydrogens (primary N) is 1. The molecule has 4 nitrogen and oxygen atoms in total. The smallest absolute Gasteiger partial charge is 0.330 e. The molecule has 1 aromatic carbocycles. The third-order valence-corrected chi connectivity index (χ3v) is 2.82. The maximum absolute atomic E-state index is 12.6. The lowest BCUT2D eigenvalue weighted by atomic mass is 10.1. The monoisotopic (exact) mass is 284 g/mol. The van der Waals surface area contributed by atoms with Crippen LogP contribution in [0.5, 0.6) is 0 Å². The number of hydrogen-bond donors (Lipinski definition) is 1. The molecule has 20 heavy (non-hydrogen) atoms. The maximum atomic E-state index is 12.6. The summed E-state index contributed by atoms with van der Waals surface area (Å²) >= 11 is 0. The molecule has 0 radical (unpaired) electrons. The van der Waals surface area contributed by atoms with Crippen LogP contribution in [0.3, 0.4) is 0 Å². The average molecular weight is 284 g/mol. The van der Waals surface area contributed by atoms with E-state index in [1.807, 2.05) is 0 Å². The van der Waals surface area contributed by atoms with Gasteiger partial charge in [-0.15, -0.1) is 5.10 Å². The summed E-state index contributed by atoms with van der Waals surface area (Å²) in [6.07, 6.45) is -1.07. The minimum atomic E-state index is -4.33. The van der Waals surface area contributed by atoms with Gasteiger partial charge in [0.2, 0.25) is 0 Å². The van der Waals surface area contributed by atoms with E-state index in [1.165, 1.54) is 10.7 Å². The second-order valence-corrected chi connectivity index (χ2v) is 4.50. The van der Waals surface area contributed by atoms with Gasteiger partial charge in [0.15, 0.2) is 0 Å². The Hall–Kier alpha value is -1.89. The van der Waals surface area contributed by atoms with Crippen molar-refractivity contribution in [3.63, 3.8) is 0 Å². The van der Waals surface area contributed by atoms with E-state index in [1.54, 1.807) is 12.3 Å². The molecule has 1 heterocycles. The van der Waals surface area contributed by atoms with E-state index in [2.05, 4.69) is 10.3 Å². The highest BCUT2D eigenvalue weighted by atomic mass is 19.4. The number of aromatic nitrogens is 3. The Morgan fingerprint density at radius 1 is 1.25 bits per heavy atom. The summed E-state index contributed by atoms with van der Waals surface area (Å²) in [4.78, 5) is 0. The molecule has 0 atom stereocenters. The van der Waals surface area contributed by atoms with Crippen molar-refractivity contribution in [2.45, 2.75) is 25.6 Å². The zero-order chi connectivity index (χ0) is 14.6. The van der Waals surface area contributed by atoms with Gasteiger partial charge in [-0.1, -0.05) is 17.3 Å². The largest absolute Gasteiger partial charge is 0.416 e. The molecule has 0 aliphatic rings. The predicted octanol–water partition coefficient (Wildman–Crippen LogP) is 2.24. The number of aryl methyl sites for hydroxylation is 1. The maximum Gasteiger partial charge on any atom is 0.416 e. The Bertz CT molecular complexity index is 563. The molecular formula is C13H15F3N4. The van der Waals surface area contributed by atoms with Crippen LogP contribution in [0.25, 0.3) is 0 Å². The van der Waals surface area contributed by atoms with Crippen LogP contribution in [0.15, 0.2) is 30.5 Å². The molecule has 2 rings (SSSR count). The van der Waals surface area contributed by atoms with Gasteiger partial charge in [0.1, 0.15) is 0 Å². The van der Waals surface area contributed by atoms with E-state index in [-0.39, 0.29) is 6.54 Å². The molecule has 0 aliphatic carbocycles. The van der Waals surface area contributed by atoms with Crippen LogP contribution in [-0.4, -0.2) is 21.5 Å². The Morgan fingerprint density at radius 2 is 2.05 bits per heavy atom. The molecule has 0 fully saturated rings. The van der Waals surface area contributed by atoms with E-state index in [9.17, 15) is 13.2 Å². The van der Waals surface area contributed by atoms with Crippen LogP contribution in [0, 0.1) is 0 Å². The molecule has 108 valence electrons. The van der Waals surface area contributed by atoms with Gasteiger partial charge in [0, 0.05) is 6.20 Å². The Morgan fingerprint density at radius 3 is 2.75 bits per heavy atom. The Balaban J connectivity index is 2.08. The van der Waals surface area contributed by atoms with Gasteiger partial charge in [-0.05, 0) is 37.1 Å². The number of benzene rings is 1. The molecule has 0 spiro atoms. The lowest BCUT2D eigenvalue weighted by Crippen LogP contribution is -2.07. The molecule has 0 unspecified atom stereocenters. The third kappa shape index (κ3) is 3.80. The van der Waals surface area contributed by atoms with Gasteiger partial charge in [-0.2, -0.15) is 13.2 Å². The summed E-state index contributed by atoms with van der Waals surface area (Å²) in [6.45, 7) is 0.833. The highest BCUT2D eigenvalue weighted by Crippen LogP contribution is 2.29. The summed E-state index contributed by atoms with van der Waals surface area (Å²) in [5.74, 6) is 0. The van der Waals surface area contributed by atoms with Crippen molar-refractivity contribution in [2.24, 2.45) is 5.73 Å². The first kappa shape index (κ1) is 14.5. The standard InChI is InChI=1S/C13H15F3N4/c14-13(15,16)11-4-1-3-10(7-11)8-20-9-12(18-19-20)5-2-6-17/h1,3-4,7,9H,2,5-6,8,17H2. The van der Waals surface area contributed by atoms with Crippen LogP contribution in [-0.2, 0) is 19.1 Å². The molecule has 7 heteroatoms. The molecule has 0 amide bonds. The fraction of sp³-hybridized carbons (Fsp3) is 0.385. The molecule has 0 bridgehead atoms. The van der Waals surface area contributed by atoms with Gasteiger partial charge < -0.3 is 5.73 Å². The van der Waals surface area contributed by atoms with E-state index in [0.29, 0.717) is 12.1 Å². The Kier molecular flexibility index (Phi) is 4.39. The number of alkyl halides is 3. The molecule has 2 aromatic rings. The fourth-order valence-electron chi connectivity index (χ4n) is 1.85. The van der Waals surface area contributed by atoms with E-state index >= 15 is 0 Å². The SMILES string of the molecule is NCCCc1cn(Cc2cccc(C(F)(F)F)c2)nn1. The van der Waals surface area contributed by atoms with Gasteiger partial charge >= 0.3 is 6.18 Å². The number of halogens is 3. The number of rotatable bonds is 5. The second-order valence-electron chi connectivity index (χ2n) is 4.50. The zero-order valence-corrected chi connectivity index (χ0v) is 10.8. The first-order valence-electron chi connectivity index (χ1n) is 6.24. The quantitative estimate of drug-likeness (QED) is 0.916. The Labute approximate surface area is 114 Å². The first-order chi connectivity index (χ1) is 9.49. The molecule has 0 saturated carbocycles. The summed E-state index contributed by atoms with van der Waals surface area (Å²) in [5, 5.41) is 7.86. The first-order valence-corrected chi connectivity index (χ1v) is 6.24. The van der Waals surface area contributed by atoms with Crippen molar-refractivity contribution < 1.29 is 13.2 Å².